The first-order chi connectivity index (χ1) is 13.2. The molecule has 0 bridgehead atoms. The van der Waals surface area contributed by atoms with Gasteiger partial charge < -0.3 is 4.90 Å². The molecule has 6 nitrogen and oxygen atoms in total. The van der Waals surface area contributed by atoms with Crippen LogP contribution in [0.3, 0.4) is 0 Å². The van der Waals surface area contributed by atoms with Crippen molar-refractivity contribution in [3.8, 4) is 0 Å². The average Bonchev–Trinajstić information content (AvgIpc) is 3.25. The maximum absolute atomic E-state index is 14.4. The molecule has 2 aliphatic heterocycles. The van der Waals surface area contributed by atoms with E-state index in [0.717, 1.165) is 23.8 Å². The molecule has 0 spiro atoms. The quantitative estimate of drug-likeness (QED) is 0.705. The Balaban J connectivity index is 1.70. The van der Waals surface area contributed by atoms with Crippen molar-refractivity contribution in [2.75, 3.05) is 23.0 Å². The number of carbonyl (C=O) groups is 1. The molecular formula is C19H18FNO5S2. The molecule has 2 aromatic rings. The number of carbonyl (C=O) groups excluding carboxylic acids is 1. The first kappa shape index (κ1) is 19.1. The topological polar surface area (TPSA) is 88.6 Å². The molecule has 2 heterocycles. The SMILES string of the molecule is O=C(c1cc(S(=O)(=O)[C@@H]2CCS(=O)(=O)C2)ccc1F)N1CCc2ccccc21. The lowest BCUT2D eigenvalue weighted by molar-refractivity contribution is 0.0985. The summed E-state index contributed by atoms with van der Waals surface area (Å²) < 4.78 is 63.3. The molecular weight excluding hydrogens is 405 g/mol. The Morgan fingerprint density at radius 2 is 1.89 bits per heavy atom. The molecule has 0 unspecified atom stereocenters. The van der Waals surface area contributed by atoms with Crippen LogP contribution in [-0.4, -0.2) is 46.0 Å². The molecule has 4 rings (SSSR count). The highest BCUT2D eigenvalue weighted by molar-refractivity contribution is 7.96. The second-order valence-electron chi connectivity index (χ2n) is 7.05. The summed E-state index contributed by atoms with van der Waals surface area (Å²) in [5, 5.41) is -1.07. The van der Waals surface area contributed by atoms with Gasteiger partial charge in [-0.15, -0.1) is 0 Å². The molecule has 1 fully saturated rings. The van der Waals surface area contributed by atoms with E-state index < -0.39 is 42.4 Å². The summed E-state index contributed by atoms with van der Waals surface area (Å²) in [5.74, 6) is -2.06. The van der Waals surface area contributed by atoms with E-state index in [9.17, 15) is 26.0 Å². The summed E-state index contributed by atoms with van der Waals surface area (Å²) in [6, 6.07) is 10.4. The summed E-state index contributed by atoms with van der Waals surface area (Å²) in [6.07, 6.45) is 0.645. The van der Waals surface area contributed by atoms with Crippen LogP contribution >= 0.6 is 0 Å². The third-order valence-corrected chi connectivity index (χ3v) is 9.43. The van der Waals surface area contributed by atoms with Crippen molar-refractivity contribution >= 4 is 31.3 Å². The van der Waals surface area contributed by atoms with Crippen LogP contribution in [0.15, 0.2) is 47.4 Å². The van der Waals surface area contributed by atoms with Gasteiger partial charge >= 0.3 is 0 Å². The molecule has 0 saturated carbocycles. The standard InChI is InChI=1S/C19H18FNO5S2/c20-17-6-5-14(28(25,26)15-8-10-27(23,24)12-15)11-16(17)19(22)21-9-7-13-3-1-2-4-18(13)21/h1-6,11,15H,7-10,12H2/t15-/m1/s1. The zero-order chi connectivity index (χ0) is 20.1. The van der Waals surface area contributed by atoms with Crippen molar-refractivity contribution in [1.82, 2.24) is 0 Å². The van der Waals surface area contributed by atoms with E-state index in [-0.39, 0.29) is 22.6 Å². The second kappa shape index (κ2) is 6.66. The Morgan fingerprint density at radius 1 is 1.14 bits per heavy atom. The smallest absolute Gasteiger partial charge is 0.261 e. The van der Waals surface area contributed by atoms with Crippen LogP contribution in [0, 0.1) is 5.82 Å². The van der Waals surface area contributed by atoms with E-state index in [1.54, 1.807) is 12.1 Å². The summed E-state index contributed by atoms with van der Waals surface area (Å²) in [6.45, 7) is 0.384. The lowest BCUT2D eigenvalue weighted by atomic mass is 10.1. The van der Waals surface area contributed by atoms with Gasteiger partial charge in [0.15, 0.2) is 19.7 Å². The van der Waals surface area contributed by atoms with Crippen molar-refractivity contribution in [1.29, 1.82) is 0 Å². The molecule has 1 atom stereocenters. The maximum Gasteiger partial charge on any atom is 0.261 e. The average molecular weight is 423 g/mol. The van der Waals surface area contributed by atoms with E-state index >= 15 is 0 Å². The minimum Gasteiger partial charge on any atom is -0.308 e. The van der Waals surface area contributed by atoms with Gasteiger partial charge in [-0.3, -0.25) is 4.79 Å². The second-order valence-corrected chi connectivity index (χ2v) is 11.5. The predicted molar refractivity (Wildman–Crippen MR) is 102 cm³/mol. The number of anilines is 1. The highest BCUT2D eigenvalue weighted by atomic mass is 32.2. The summed E-state index contributed by atoms with van der Waals surface area (Å²) in [4.78, 5) is 14.1. The number of para-hydroxylation sites is 1. The van der Waals surface area contributed by atoms with Gasteiger partial charge in [-0.1, -0.05) is 18.2 Å². The fourth-order valence-electron chi connectivity index (χ4n) is 3.74. The van der Waals surface area contributed by atoms with Gasteiger partial charge in [-0.05, 0) is 42.7 Å². The highest BCUT2D eigenvalue weighted by Gasteiger charge is 2.38. The van der Waals surface area contributed by atoms with Gasteiger partial charge in [0.05, 0.1) is 27.2 Å². The third-order valence-electron chi connectivity index (χ3n) is 5.26. The number of amides is 1. The highest BCUT2D eigenvalue weighted by Crippen LogP contribution is 2.31. The van der Waals surface area contributed by atoms with Crippen LogP contribution in [0.5, 0.6) is 0 Å². The van der Waals surface area contributed by atoms with Crippen molar-refractivity contribution < 1.29 is 26.0 Å². The monoisotopic (exact) mass is 423 g/mol. The van der Waals surface area contributed by atoms with E-state index in [4.69, 9.17) is 0 Å². The van der Waals surface area contributed by atoms with Crippen molar-refractivity contribution in [2.24, 2.45) is 0 Å². The number of fused-ring (bicyclic) bond motifs is 1. The van der Waals surface area contributed by atoms with Gasteiger partial charge in [-0.25, -0.2) is 21.2 Å². The van der Waals surface area contributed by atoms with Gasteiger partial charge in [0, 0.05) is 12.2 Å². The normalized spacial score (nSPS) is 20.9. The predicted octanol–water partition coefficient (Wildman–Crippen LogP) is 1.99. The Hall–Kier alpha value is -2.26. The lowest BCUT2D eigenvalue weighted by Gasteiger charge is -2.18. The number of nitrogens with zero attached hydrogens (tertiary/aromatic N) is 1. The van der Waals surface area contributed by atoms with Gasteiger partial charge in [0.2, 0.25) is 0 Å². The molecule has 1 saturated heterocycles. The molecule has 9 heteroatoms. The van der Waals surface area contributed by atoms with Crippen LogP contribution in [0.1, 0.15) is 22.3 Å². The van der Waals surface area contributed by atoms with Crippen LogP contribution < -0.4 is 4.90 Å². The van der Waals surface area contributed by atoms with Crippen LogP contribution in [0.2, 0.25) is 0 Å². The molecule has 0 aliphatic carbocycles. The lowest BCUT2D eigenvalue weighted by Crippen LogP contribution is -2.30. The van der Waals surface area contributed by atoms with E-state index in [2.05, 4.69) is 0 Å². The van der Waals surface area contributed by atoms with Gasteiger partial charge in [0.25, 0.3) is 5.91 Å². The molecule has 28 heavy (non-hydrogen) atoms. The Kier molecular flexibility index (Phi) is 4.54. The minimum absolute atomic E-state index is 0.00478. The van der Waals surface area contributed by atoms with Crippen LogP contribution in [-0.2, 0) is 26.1 Å². The first-order valence-electron chi connectivity index (χ1n) is 8.83. The largest absolute Gasteiger partial charge is 0.308 e. The van der Waals surface area contributed by atoms with Crippen LogP contribution in [0.4, 0.5) is 10.1 Å². The fraction of sp³-hybridized carbons (Fsp3) is 0.316. The molecule has 1 amide bonds. The fourth-order valence-corrected chi connectivity index (χ4v) is 8.12. The van der Waals surface area contributed by atoms with Crippen LogP contribution in [0.25, 0.3) is 0 Å². The van der Waals surface area contributed by atoms with E-state index in [1.165, 1.54) is 4.90 Å². The number of halogens is 1. The zero-order valence-electron chi connectivity index (χ0n) is 14.8. The Bertz CT molecular complexity index is 1170. The molecule has 2 aliphatic rings. The summed E-state index contributed by atoms with van der Waals surface area (Å²) in [7, 11) is -7.38. The minimum atomic E-state index is -3.98. The van der Waals surface area contributed by atoms with E-state index in [0.29, 0.717) is 18.7 Å². The molecule has 2 aromatic carbocycles. The Morgan fingerprint density at radius 3 is 2.61 bits per heavy atom. The third kappa shape index (κ3) is 3.22. The Labute approximate surface area is 162 Å². The molecule has 0 radical (unpaired) electrons. The number of sulfone groups is 2. The first-order valence-corrected chi connectivity index (χ1v) is 12.2. The molecule has 0 N–H and O–H groups in total. The number of hydrogen-bond donors (Lipinski definition) is 0. The molecule has 148 valence electrons. The van der Waals surface area contributed by atoms with Crippen molar-refractivity contribution in [3.05, 3.63) is 59.4 Å². The number of benzene rings is 2. The van der Waals surface area contributed by atoms with Crippen molar-refractivity contribution in [3.63, 3.8) is 0 Å². The maximum atomic E-state index is 14.4. The number of hydrogen-bond acceptors (Lipinski definition) is 5. The zero-order valence-corrected chi connectivity index (χ0v) is 16.5. The van der Waals surface area contributed by atoms with Gasteiger partial charge in [-0.2, -0.15) is 0 Å². The summed E-state index contributed by atoms with van der Waals surface area (Å²) in [5.41, 5.74) is 1.32. The van der Waals surface area contributed by atoms with Gasteiger partial charge in [0.1, 0.15) is 5.82 Å². The summed E-state index contributed by atoms with van der Waals surface area (Å²) >= 11 is 0. The molecule has 0 aromatic heterocycles. The number of rotatable bonds is 3. The van der Waals surface area contributed by atoms with E-state index in [1.807, 2.05) is 12.1 Å². The van der Waals surface area contributed by atoms with Crippen molar-refractivity contribution in [2.45, 2.75) is 23.0 Å².